The summed E-state index contributed by atoms with van der Waals surface area (Å²) in [6.45, 7) is 3.50. The van der Waals surface area contributed by atoms with Crippen LogP contribution in [-0.4, -0.2) is 46.9 Å². The predicted octanol–water partition coefficient (Wildman–Crippen LogP) is 2.99. The second-order valence-corrected chi connectivity index (χ2v) is 8.17. The van der Waals surface area contributed by atoms with E-state index in [1.54, 1.807) is 6.92 Å². The van der Waals surface area contributed by atoms with Crippen molar-refractivity contribution in [1.82, 2.24) is 15.5 Å². The molecule has 2 aromatic rings. The maximum absolute atomic E-state index is 12.1. The van der Waals surface area contributed by atoms with Crippen molar-refractivity contribution >= 4 is 35.1 Å². The van der Waals surface area contributed by atoms with E-state index in [-0.39, 0.29) is 11.8 Å². The Bertz CT molecular complexity index is 747. The second-order valence-electron chi connectivity index (χ2n) is 6.64. The summed E-state index contributed by atoms with van der Waals surface area (Å²) in [5.41, 5.74) is 0. The number of aromatic nitrogens is 2. The Kier molecular flexibility index (Phi) is 6.93. The van der Waals surface area contributed by atoms with Crippen molar-refractivity contribution in [2.45, 2.75) is 35.8 Å². The molecule has 3 rings (SSSR count). The average molecular weight is 407 g/mol. The molecule has 0 bridgehead atoms. The van der Waals surface area contributed by atoms with Crippen LogP contribution < -0.4 is 10.2 Å². The predicted molar refractivity (Wildman–Crippen MR) is 107 cm³/mol. The SMILES string of the molecule is C[C@H](O)CNC(=O)C1CCN(c2ccc(Sc3ccc(Cl)cc3)nn2)CC1. The zero-order chi connectivity index (χ0) is 19.2. The molecule has 0 saturated carbocycles. The smallest absolute Gasteiger partial charge is 0.223 e. The molecule has 6 nitrogen and oxygen atoms in total. The summed E-state index contributed by atoms with van der Waals surface area (Å²) in [5, 5.41) is 22.3. The first-order valence-corrected chi connectivity index (χ1v) is 10.2. The van der Waals surface area contributed by atoms with Crippen LogP contribution >= 0.6 is 23.4 Å². The van der Waals surface area contributed by atoms with Gasteiger partial charge < -0.3 is 15.3 Å². The molecule has 8 heteroatoms. The van der Waals surface area contributed by atoms with Gasteiger partial charge in [-0.3, -0.25) is 4.79 Å². The van der Waals surface area contributed by atoms with Gasteiger partial charge >= 0.3 is 0 Å². The Morgan fingerprint density at radius 3 is 2.56 bits per heavy atom. The fourth-order valence-electron chi connectivity index (χ4n) is 2.92. The van der Waals surface area contributed by atoms with Gasteiger partial charge in [0.2, 0.25) is 5.91 Å². The van der Waals surface area contributed by atoms with E-state index >= 15 is 0 Å². The van der Waals surface area contributed by atoms with Crippen molar-refractivity contribution in [2.75, 3.05) is 24.5 Å². The zero-order valence-corrected chi connectivity index (χ0v) is 16.7. The molecule has 2 N–H and O–H groups in total. The van der Waals surface area contributed by atoms with Gasteiger partial charge in [-0.2, -0.15) is 0 Å². The number of piperidine rings is 1. The molecule has 1 saturated heterocycles. The van der Waals surface area contributed by atoms with Gasteiger partial charge in [-0.15, -0.1) is 10.2 Å². The summed E-state index contributed by atoms with van der Waals surface area (Å²) >= 11 is 7.44. The Hall–Kier alpha value is -1.83. The number of carbonyl (C=O) groups excluding carboxylic acids is 1. The maximum atomic E-state index is 12.1. The van der Waals surface area contributed by atoms with Crippen LogP contribution in [0.5, 0.6) is 0 Å². The Labute approximate surface area is 168 Å². The van der Waals surface area contributed by atoms with Crippen LogP contribution in [0.3, 0.4) is 0 Å². The van der Waals surface area contributed by atoms with Crippen LogP contribution in [0.15, 0.2) is 46.3 Å². The number of nitrogens with zero attached hydrogens (tertiary/aromatic N) is 3. The molecule has 1 aliphatic heterocycles. The summed E-state index contributed by atoms with van der Waals surface area (Å²) in [6.07, 6.45) is 1.02. The normalized spacial score (nSPS) is 16.2. The summed E-state index contributed by atoms with van der Waals surface area (Å²) in [7, 11) is 0. The highest BCUT2D eigenvalue weighted by molar-refractivity contribution is 7.99. The largest absolute Gasteiger partial charge is 0.392 e. The number of carbonyl (C=O) groups is 1. The monoisotopic (exact) mass is 406 g/mol. The molecule has 1 fully saturated rings. The first-order chi connectivity index (χ1) is 13.0. The van der Waals surface area contributed by atoms with Crippen molar-refractivity contribution in [3.63, 3.8) is 0 Å². The van der Waals surface area contributed by atoms with E-state index in [0.717, 1.165) is 41.7 Å². The van der Waals surface area contributed by atoms with Gasteiger partial charge in [-0.25, -0.2) is 0 Å². The van der Waals surface area contributed by atoms with E-state index in [2.05, 4.69) is 20.4 Å². The van der Waals surface area contributed by atoms with Crippen LogP contribution in [0.4, 0.5) is 5.82 Å². The molecule has 0 spiro atoms. The number of aliphatic hydroxyl groups is 1. The molecule has 144 valence electrons. The highest BCUT2D eigenvalue weighted by Crippen LogP contribution is 2.28. The zero-order valence-electron chi connectivity index (χ0n) is 15.1. The van der Waals surface area contributed by atoms with E-state index in [4.69, 9.17) is 11.6 Å². The van der Waals surface area contributed by atoms with Gasteiger partial charge in [0.25, 0.3) is 0 Å². The van der Waals surface area contributed by atoms with Gasteiger partial charge in [0.05, 0.1) is 6.10 Å². The second kappa shape index (κ2) is 9.39. The van der Waals surface area contributed by atoms with E-state index in [0.29, 0.717) is 11.6 Å². The molecule has 1 atom stereocenters. The minimum absolute atomic E-state index is 0.00677. The molecular formula is C19H23ClN4O2S. The molecular weight excluding hydrogens is 384 g/mol. The van der Waals surface area contributed by atoms with E-state index < -0.39 is 6.10 Å². The highest BCUT2D eigenvalue weighted by Gasteiger charge is 2.25. The summed E-state index contributed by atoms with van der Waals surface area (Å²) < 4.78 is 0. The minimum Gasteiger partial charge on any atom is -0.392 e. The molecule has 0 radical (unpaired) electrons. The van der Waals surface area contributed by atoms with Crippen molar-refractivity contribution in [2.24, 2.45) is 5.92 Å². The van der Waals surface area contributed by atoms with Crippen molar-refractivity contribution in [3.8, 4) is 0 Å². The number of benzene rings is 1. The number of amides is 1. The first kappa shape index (κ1) is 19.9. The fraction of sp³-hybridized carbons (Fsp3) is 0.421. The van der Waals surface area contributed by atoms with E-state index in [9.17, 15) is 9.90 Å². The maximum Gasteiger partial charge on any atom is 0.223 e. The van der Waals surface area contributed by atoms with Crippen LogP contribution in [0, 0.1) is 5.92 Å². The lowest BCUT2D eigenvalue weighted by Crippen LogP contribution is -2.42. The fourth-order valence-corrected chi connectivity index (χ4v) is 3.78. The van der Waals surface area contributed by atoms with Gasteiger partial charge in [0.1, 0.15) is 5.03 Å². The lowest BCUT2D eigenvalue weighted by atomic mass is 9.96. The number of nitrogens with one attached hydrogen (secondary N) is 1. The van der Waals surface area contributed by atoms with Crippen LogP contribution in [0.1, 0.15) is 19.8 Å². The third-order valence-electron chi connectivity index (χ3n) is 4.42. The molecule has 1 amide bonds. The lowest BCUT2D eigenvalue weighted by molar-refractivity contribution is -0.126. The lowest BCUT2D eigenvalue weighted by Gasteiger charge is -2.31. The molecule has 27 heavy (non-hydrogen) atoms. The van der Waals surface area contributed by atoms with Crippen LogP contribution in [0.25, 0.3) is 0 Å². The Morgan fingerprint density at radius 2 is 1.96 bits per heavy atom. The number of anilines is 1. The number of halogens is 1. The molecule has 1 aliphatic rings. The van der Waals surface area contributed by atoms with Crippen LogP contribution in [-0.2, 0) is 4.79 Å². The summed E-state index contributed by atoms with van der Waals surface area (Å²) in [6, 6.07) is 11.6. The van der Waals surface area contributed by atoms with Gasteiger partial charge in [0.15, 0.2) is 5.82 Å². The van der Waals surface area contributed by atoms with Gasteiger partial charge in [-0.1, -0.05) is 23.4 Å². The van der Waals surface area contributed by atoms with Gasteiger partial charge in [0, 0.05) is 35.5 Å². The molecule has 0 unspecified atom stereocenters. The van der Waals surface area contributed by atoms with E-state index in [1.165, 1.54) is 11.8 Å². The first-order valence-electron chi connectivity index (χ1n) is 8.99. The van der Waals surface area contributed by atoms with Crippen LogP contribution in [0.2, 0.25) is 5.02 Å². The minimum atomic E-state index is -0.520. The number of hydrogen-bond acceptors (Lipinski definition) is 6. The van der Waals surface area contributed by atoms with Crippen molar-refractivity contribution in [1.29, 1.82) is 0 Å². The topological polar surface area (TPSA) is 78.4 Å². The quantitative estimate of drug-likeness (QED) is 0.767. The Morgan fingerprint density at radius 1 is 1.26 bits per heavy atom. The average Bonchev–Trinajstić information content (AvgIpc) is 2.68. The molecule has 1 aromatic heterocycles. The molecule has 1 aromatic carbocycles. The highest BCUT2D eigenvalue weighted by atomic mass is 35.5. The standard InChI is InChI=1S/C19H23ClN4O2S/c1-13(25)12-21-19(26)14-8-10-24(11-9-14)17-6-7-18(23-22-17)27-16-4-2-15(20)3-5-16/h2-7,13-14,25H,8-12H2,1H3,(H,21,26)/t13-/m0/s1. The van der Waals surface area contributed by atoms with Crippen molar-refractivity contribution < 1.29 is 9.90 Å². The van der Waals surface area contributed by atoms with E-state index in [1.807, 2.05) is 36.4 Å². The molecule has 0 aliphatic carbocycles. The Balaban J connectivity index is 1.51. The third-order valence-corrected chi connectivity index (χ3v) is 5.61. The number of hydrogen-bond donors (Lipinski definition) is 2. The third kappa shape index (κ3) is 5.82. The van der Waals surface area contributed by atoms with Gasteiger partial charge in [-0.05, 0) is 56.2 Å². The van der Waals surface area contributed by atoms with Crippen molar-refractivity contribution in [3.05, 3.63) is 41.4 Å². The number of rotatable bonds is 6. The molecule has 2 heterocycles. The number of aliphatic hydroxyl groups excluding tert-OH is 1. The summed E-state index contributed by atoms with van der Waals surface area (Å²) in [5.74, 6) is 0.849. The summed E-state index contributed by atoms with van der Waals surface area (Å²) in [4.78, 5) is 15.3.